The molecule has 9 nitrogen and oxygen atoms in total. The number of non-ortho nitro benzene ring substituents is 1. The maximum Gasteiger partial charge on any atom is 0.271 e. The molecule has 0 spiro atoms. The number of nitrogens with zero attached hydrogens (tertiary/aromatic N) is 1. The minimum Gasteiger partial charge on any atom is -0.394 e. The van der Waals surface area contributed by atoms with E-state index in [0.717, 1.165) is 0 Å². The van der Waals surface area contributed by atoms with Gasteiger partial charge >= 0.3 is 0 Å². The molecule has 0 bridgehead atoms. The molecule has 0 saturated carbocycles. The molecule has 0 aromatic heterocycles. The van der Waals surface area contributed by atoms with Crippen LogP contribution in [0.25, 0.3) is 0 Å². The van der Waals surface area contributed by atoms with Crippen LogP contribution in [-0.2, 0) is 4.74 Å². The summed E-state index contributed by atoms with van der Waals surface area (Å²) in [6.45, 7) is 1.08. The van der Waals surface area contributed by atoms with E-state index in [4.69, 9.17) is 9.84 Å². The first-order valence-corrected chi connectivity index (χ1v) is 6.67. The molecule has 0 amide bonds. The molecule has 1 unspecified atom stereocenters. The Morgan fingerprint density at radius 1 is 1.41 bits per heavy atom. The fourth-order valence-corrected chi connectivity index (χ4v) is 2.28. The second kappa shape index (κ2) is 6.55. The lowest BCUT2D eigenvalue weighted by Crippen LogP contribution is -2.40. The topological polar surface area (TPSA) is 145 Å². The summed E-state index contributed by atoms with van der Waals surface area (Å²) < 4.78 is 5.31. The average Bonchev–Trinajstić information content (AvgIpc) is 2.77. The van der Waals surface area contributed by atoms with Gasteiger partial charge in [0.1, 0.15) is 24.4 Å². The lowest BCUT2D eigenvalue weighted by atomic mass is 10.1. The molecule has 5 atom stereocenters. The van der Waals surface area contributed by atoms with Crippen molar-refractivity contribution in [3.63, 3.8) is 0 Å². The van der Waals surface area contributed by atoms with Gasteiger partial charge in [0.25, 0.3) is 5.69 Å². The van der Waals surface area contributed by atoms with Gasteiger partial charge in [-0.05, 0) is 12.5 Å². The van der Waals surface area contributed by atoms with Gasteiger partial charge in [-0.2, -0.15) is 0 Å². The van der Waals surface area contributed by atoms with Crippen molar-refractivity contribution in [2.75, 3.05) is 11.9 Å². The summed E-state index contributed by atoms with van der Waals surface area (Å²) in [7, 11) is 0. The summed E-state index contributed by atoms with van der Waals surface area (Å²) in [6, 6.07) is 4.17. The normalized spacial score (nSPS) is 29.3. The summed E-state index contributed by atoms with van der Waals surface area (Å²) in [5.41, 5.74) is 0.916. The molecule has 1 aliphatic heterocycles. The number of rotatable bonds is 5. The van der Waals surface area contributed by atoms with E-state index in [0.29, 0.717) is 11.3 Å². The summed E-state index contributed by atoms with van der Waals surface area (Å²) in [6.07, 6.45) is -6.32. The number of aliphatic hydroxyl groups is 4. The molecule has 1 saturated heterocycles. The maximum atomic E-state index is 10.8. The van der Waals surface area contributed by atoms with Crippen LogP contribution in [0.3, 0.4) is 0 Å². The maximum absolute atomic E-state index is 10.8. The minimum atomic E-state index is -1.39. The van der Waals surface area contributed by atoms with Crippen molar-refractivity contribution >= 4 is 11.4 Å². The van der Waals surface area contributed by atoms with Gasteiger partial charge in [0.05, 0.1) is 11.5 Å². The Kier molecular flexibility index (Phi) is 4.94. The first-order chi connectivity index (χ1) is 10.3. The molecular weight excluding hydrogens is 296 g/mol. The van der Waals surface area contributed by atoms with Crippen LogP contribution in [0, 0.1) is 17.0 Å². The Morgan fingerprint density at radius 3 is 2.68 bits per heavy atom. The molecule has 9 heteroatoms. The molecular formula is C13H18N2O7. The minimum absolute atomic E-state index is 0.131. The first kappa shape index (κ1) is 16.6. The highest BCUT2D eigenvalue weighted by atomic mass is 16.6. The molecule has 1 heterocycles. The molecule has 1 aromatic carbocycles. The lowest BCUT2D eigenvalue weighted by Gasteiger charge is -2.20. The van der Waals surface area contributed by atoms with E-state index in [2.05, 4.69) is 5.32 Å². The zero-order chi connectivity index (χ0) is 16.4. The number of hydrogen-bond donors (Lipinski definition) is 5. The molecule has 1 aliphatic rings. The van der Waals surface area contributed by atoms with Gasteiger partial charge < -0.3 is 30.5 Å². The smallest absolute Gasteiger partial charge is 0.271 e. The Labute approximate surface area is 125 Å². The molecule has 0 aliphatic carbocycles. The molecule has 0 radical (unpaired) electrons. The number of nitro benzene ring substituents is 1. The van der Waals surface area contributed by atoms with E-state index in [-0.39, 0.29) is 5.69 Å². The zero-order valence-corrected chi connectivity index (χ0v) is 11.8. The van der Waals surface area contributed by atoms with E-state index in [1.165, 1.54) is 18.2 Å². The number of nitrogens with one attached hydrogen (secondary N) is 1. The van der Waals surface area contributed by atoms with Crippen molar-refractivity contribution < 1.29 is 30.1 Å². The third-order valence-electron chi connectivity index (χ3n) is 3.60. The number of hydrogen-bond acceptors (Lipinski definition) is 8. The molecule has 5 N–H and O–H groups in total. The summed E-state index contributed by atoms with van der Waals surface area (Å²) in [5, 5.41) is 51.8. The average molecular weight is 314 g/mol. The standard InChI is InChI=1S/C13H18N2O7/c1-6-2-3-7(15(20)21)4-8(6)14-13-11(19)10(18)12(22-13)9(17)5-16/h2-4,9-14,16-19H,5H2,1H3/t9?,10-,11-,12-,13+/m1/s1. The Morgan fingerprint density at radius 2 is 2.09 bits per heavy atom. The number of nitro groups is 1. The number of ether oxygens (including phenoxy) is 1. The number of benzene rings is 1. The van der Waals surface area contributed by atoms with E-state index in [1.807, 2.05) is 0 Å². The van der Waals surface area contributed by atoms with Crippen LogP contribution in [0.4, 0.5) is 11.4 Å². The van der Waals surface area contributed by atoms with Gasteiger partial charge in [0.2, 0.25) is 0 Å². The van der Waals surface area contributed by atoms with Crippen LogP contribution < -0.4 is 5.32 Å². The summed E-state index contributed by atoms with van der Waals surface area (Å²) in [4.78, 5) is 10.2. The van der Waals surface area contributed by atoms with Crippen molar-refractivity contribution in [2.45, 2.75) is 37.6 Å². The molecule has 1 fully saturated rings. The third-order valence-corrected chi connectivity index (χ3v) is 3.60. The van der Waals surface area contributed by atoms with E-state index >= 15 is 0 Å². The second-order valence-electron chi connectivity index (χ2n) is 5.15. The molecule has 122 valence electrons. The zero-order valence-electron chi connectivity index (χ0n) is 11.8. The fraction of sp³-hybridized carbons (Fsp3) is 0.538. The number of anilines is 1. The predicted octanol–water partition coefficient (Wildman–Crippen LogP) is -0.885. The quantitative estimate of drug-likeness (QED) is 0.348. The van der Waals surface area contributed by atoms with Crippen LogP contribution in [0.1, 0.15) is 5.56 Å². The van der Waals surface area contributed by atoms with Crippen molar-refractivity contribution in [3.05, 3.63) is 33.9 Å². The molecule has 1 aromatic rings. The first-order valence-electron chi connectivity index (χ1n) is 6.67. The van der Waals surface area contributed by atoms with Crippen molar-refractivity contribution in [3.8, 4) is 0 Å². The number of aryl methyl sites for hydroxylation is 1. The van der Waals surface area contributed by atoms with Crippen LogP contribution in [0.2, 0.25) is 0 Å². The highest BCUT2D eigenvalue weighted by Crippen LogP contribution is 2.28. The SMILES string of the molecule is Cc1ccc([N+](=O)[O-])cc1N[C@H]1O[C@H](C(O)CO)[C@H](O)[C@H]1O. The number of aliphatic hydroxyl groups excluding tert-OH is 4. The largest absolute Gasteiger partial charge is 0.394 e. The fourth-order valence-electron chi connectivity index (χ4n) is 2.28. The van der Waals surface area contributed by atoms with Gasteiger partial charge in [-0.25, -0.2) is 0 Å². The van der Waals surface area contributed by atoms with Crippen LogP contribution in [-0.4, -0.2) is 62.6 Å². The van der Waals surface area contributed by atoms with Gasteiger partial charge in [0, 0.05) is 17.8 Å². The monoisotopic (exact) mass is 314 g/mol. The highest BCUT2D eigenvalue weighted by Gasteiger charge is 2.45. The van der Waals surface area contributed by atoms with Gasteiger partial charge in [-0.1, -0.05) is 6.07 Å². The van der Waals surface area contributed by atoms with Crippen LogP contribution in [0.15, 0.2) is 18.2 Å². The Bertz CT molecular complexity index is 553. The van der Waals surface area contributed by atoms with E-state index < -0.39 is 42.2 Å². The van der Waals surface area contributed by atoms with Crippen molar-refractivity contribution in [2.24, 2.45) is 0 Å². The van der Waals surface area contributed by atoms with Gasteiger partial charge in [0.15, 0.2) is 6.23 Å². The lowest BCUT2D eigenvalue weighted by molar-refractivity contribution is -0.384. The van der Waals surface area contributed by atoms with Crippen molar-refractivity contribution in [1.82, 2.24) is 0 Å². The van der Waals surface area contributed by atoms with Crippen molar-refractivity contribution in [1.29, 1.82) is 0 Å². The predicted molar refractivity (Wildman–Crippen MR) is 75.2 cm³/mol. The summed E-state index contributed by atoms with van der Waals surface area (Å²) >= 11 is 0. The van der Waals surface area contributed by atoms with Crippen LogP contribution >= 0.6 is 0 Å². The molecule has 2 rings (SSSR count). The second-order valence-corrected chi connectivity index (χ2v) is 5.15. The van der Waals surface area contributed by atoms with E-state index in [9.17, 15) is 25.4 Å². The Hall–Kier alpha value is -1.78. The summed E-state index contributed by atoms with van der Waals surface area (Å²) in [5.74, 6) is 0. The van der Waals surface area contributed by atoms with Crippen LogP contribution in [0.5, 0.6) is 0 Å². The Balaban J connectivity index is 2.17. The molecule has 22 heavy (non-hydrogen) atoms. The third kappa shape index (κ3) is 3.18. The van der Waals surface area contributed by atoms with E-state index in [1.54, 1.807) is 6.92 Å². The highest BCUT2D eigenvalue weighted by molar-refractivity contribution is 5.57. The van der Waals surface area contributed by atoms with Gasteiger partial charge in [-0.15, -0.1) is 0 Å². The van der Waals surface area contributed by atoms with Gasteiger partial charge in [-0.3, -0.25) is 10.1 Å².